The third kappa shape index (κ3) is 3.68. The van der Waals surface area contributed by atoms with Gasteiger partial charge in [0, 0.05) is 5.82 Å². The molecule has 1 heterocycles. The van der Waals surface area contributed by atoms with Crippen LogP contribution in [-0.4, -0.2) is 29.9 Å². The Kier molecular flexibility index (Phi) is 4.71. The fourth-order valence-corrected chi connectivity index (χ4v) is 3.22. The van der Waals surface area contributed by atoms with Crippen LogP contribution < -0.4 is 0 Å². The quantitative estimate of drug-likeness (QED) is 0.571. The highest BCUT2D eigenvalue weighted by Crippen LogP contribution is 2.46. The molecule has 2 fully saturated rings. The van der Waals surface area contributed by atoms with E-state index in [1.807, 2.05) is 20.8 Å². The normalized spacial score (nSPS) is 31.1. The monoisotopic (exact) mass is 310 g/mol. The molecule has 1 saturated carbocycles. The summed E-state index contributed by atoms with van der Waals surface area (Å²) < 4.78 is 18.0. The number of esters is 1. The topological polar surface area (TPSA) is 44.8 Å². The molecule has 5 heteroatoms. The second-order valence-corrected chi connectivity index (χ2v) is 8.71. The Morgan fingerprint density at radius 2 is 1.55 bits per heavy atom. The number of carbonyl (C=O) groups excluding carboxylic acids is 1. The summed E-state index contributed by atoms with van der Waals surface area (Å²) in [7, 11) is -0.317. The minimum absolute atomic E-state index is 0.0876. The highest BCUT2D eigenvalue weighted by Gasteiger charge is 2.56. The summed E-state index contributed by atoms with van der Waals surface area (Å²) in [4.78, 5) is 12.6. The van der Waals surface area contributed by atoms with Gasteiger partial charge in [0.05, 0.1) is 17.1 Å². The second kappa shape index (κ2) is 5.83. The van der Waals surface area contributed by atoms with Crippen LogP contribution in [0.5, 0.6) is 0 Å². The molecule has 1 saturated heterocycles. The Hall–Kier alpha value is -0.545. The summed E-state index contributed by atoms with van der Waals surface area (Å²) in [5.41, 5.74) is -1.16. The van der Waals surface area contributed by atoms with Crippen molar-refractivity contribution in [3.05, 3.63) is 0 Å². The molecular weight excluding hydrogens is 279 g/mol. The molecule has 1 aliphatic carbocycles. The van der Waals surface area contributed by atoms with Gasteiger partial charge in [-0.3, -0.25) is 4.79 Å². The summed E-state index contributed by atoms with van der Waals surface area (Å²) >= 11 is 0. The van der Waals surface area contributed by atoms with E-state index in [4.69, 9.17) is 14.0 Å². The molecule has 2 aliphatic rings. The molecule has 0 bridgehead atoms. The van der Waals surface area contributed by atoms with Gasteiger partial charge in [-0.2, -0.15) is 0 Å². The van der Waals surface area contributed by atoms with Crippen molar-refractivity contribution in [3.8, 4) is 0 Å². The van der Waals surface area contributed by atoms with Gasteiger partial charge in [0.1, 0.15) is 5.60 Å². The summed E-state index contributed by atoms with van der Waals surface area (Å²) in [5.74, 6) is -0.140. The Balaban J connectivity index is 2.13. The Bertz CT molecular complexity index is 409. The van der Waals surface area contributed by atoms with Crippen molar-refractivity contribution in [1.29, 1.82) is 0 Å². The molecule has 0 aromatic rings. The predicted octanol–water partition coefficient (Wildman–Crippen LogP) is 3.98. The Labute approximate surface area is 135 Å². The third-order valence-electron chi connectivity index (χ3n) is 5.15. The molecule has 4 nitrogen and oxygen atoms in total. The minimum atomic E-state index is -0.449. The van der Waals surface area contributed by atoms with Crippen LogP contribution in [0, 0.1) is 5.92 Å². The second-order valence-electron chi connectivity index (χ2n) is 8.71. The van der Waals surface area contributed by atoms with Gasteiger partial charge in [0.15, 0.2) is 0 Å². The van der Waals surface area contributed by atoms with E-state index in [1.54, 1.807) is 0 Å². The van der Waals surface area contributed by atoms with Gasteiger partial charge in [-0.1, -0.05) is 19.3 Å². The molecule has 2 rings (SSSR count). The van der Waals surface area contributed by atoms with Crippen molar-refractivity contribution in [2.75, 3.05) is 0 Å². The maximum atomic E-state index is 12.6. The summed E-state index contributed by atoms with van der Waals surface area (Å²) in [6, 6.07) is 0. The van der Waals surface area contributed by atoms with E-state index < -0.39 is 5.60 Å². The van der Waals surface area contributed by atoms with E-state index >= 15 is 0 Å². The average Bonchev–Trinajstić information content (AvgIpc) is 2.56. The molecule has 0 spiro atoms. The van der Waals surface area contributed by atoms with Crippen molar-refractivity contribution in [1.82, 2.24) is 0 Å². The molecule has 0 amide bonds. The predicted molar refractivity (Wildman–Crippen MR) is 87.6 cm³/mol. The van der Waals surface area contributed by atoms with Crippen LogP contribution in [0.15, 0.2) is 0 Å². The van der Waals surface area contributed by atoms with Crippen molar-refractivity contribution >= 4 is 13.1 Å². The van der Waals surface area contributed by atoms with Gasteiger partial charge in [0.2, 0.25) is 0 Å². The average molecular weight is 310 g/mol. The Morgan fingerprint density at radius 1 is 1.05 bits per heavy atom. The third-order valence-corrected chi connectivity index (χ3v) is 5.15. The van der Waals surface area contributed by atoms with Crippen molar-refractivity contribution in [3.63, 3.8) is 0 Å². The van der Waals surface area contributed by atoms with Crippen LogP contribution in [0.2, 0.25) is 5.82 Å². The first-order valence-corrected chi connectivity index (χ1v) is 8.51. The molecule has 0 aromatic carbocycles. The lowest BCUT2D eigenvalue weighted by molar-refractivity contribution is -0.161. The van der Waals surface area contributed by atoms with Gasteiger partial charge in [-0.05, 0) is 54.9 Å². The zero-order chi connectivity index (χ0) is 16.8. The molecule has 0 radical (unpaired) electrons. The maximum Gasteiger partial charge on any atom is 0.462 e. The molecular formula is C17H31BO4. The molecule has 126 valence electrons. The maximum absolute atomic E-state index is 12.6. The number of hydrogen-bond donors (Lipinski definition) is 0. The van der Waals surface area contributed by atoms with Crippen LogP contribution in [0.4, 0.5) is 0 Å². The summed E-state index contributed by atoms with van der Waals surface area (Å²) in [6.45, 7) is 14.0. The van der Waals surface area contributed by atoms with Gasteiger partial charge in [0.25, 0.3) is 0 Å². The largest absolute Gasteiger partial charge is 0.462 e. The summed E-state index contributed by atoms with van der Waals surface area (Å²) in [5, 5.41) is 0. The minimum Gasteiger partial charge on any atom is -0.460 e. The zero-order valence-corrected chi connectivity index (χ0v) is 15.2. The summed E-state index contributed by atoms with van der Waals surface area (Å²) in [6.07, 6.45) is 4.01. The van der Waals surface area contributed by atoms with Crippen molar-refractivity contribution in [2.24, 2.45) is 5.92 Å². The molecule has 0 aromatic heterocycles. The molecule has 22 heavy (non-hydrogen) atoms. The molecule has 0 unspecified atom stereocenters. The first-order valence-electron chi connectivity index (χ1n) is 8.51. The van der Waals surface area contributed by atoms with E-state index in [2.05, 4.69) is 27.7 Å². The molecule has 0 N–H and O–H groups in total. The first kappa shape index (κ1) is 17.8. The fourth-order valence-electron chi connectivity index (χ4n) is 3.22. The number of ether oxygens (including phenoxy) is 1. The van der Waals surface area contributed by atoms with E-state index in [0.717, 1.165) is 25.7 Å². The zero-order valence-electron chi connectivity index (χ0n) is 15.2. The lowest BCUT2D eigenvalue weighted by atomic mass is 9.59. The Morgan fingerprint density at radius 3 is 2.05 bits per heavy atom. The highest BCUT2D eigenvalue weighted by atomic mass is 16.7. The van der Waals surface area contributed by atoms with Crippen molar-refractivity contribution in [2.45, 2.75) is 96.8 Å². The van der Waals surface area contributed by atoms with E-state index in [1.165, 1.54) is 0 Å². The van der Waals surface area contributed by atoms with Crippen LogP contribution in [0.1, 0.15) is 74.1 Å². The van der Waals surface area contributed by atoms with Crippen LogP contribution >= 0.6 is 0 Å². The van der Waals surface area contributed by atoms with E-state index in [-0.39, 0.29) is 36.0 Å². The smallest absolute Gasteiger partial charge is 0.460 e. The number of rotatable bonds is 2. The molecule has 1 aliphatic heterocycles. The van der Waals surface area contributed by atoms with Gasteiger partial charge < -0.3 is 14.0 Å². The van der Waals surface area contributed by atoms with E-state index in [0.29, 0.717) is 0 Å². The first-order chi connectivity index (χ1) is 9.93. The number of carbonyl (C=O) groups is 1. The highest BCUT2D eigenvalue weighted by molar-refractivity contribution is 6.48. The fraction of sp³-hybridized carbons (Fsp3) is 0.941. The SMILES string of the molecule is CC(C)(C)OC(=O)[C@H]1CCCC[C@H]1B1OC(C)(C)C(C)(C)O1. The van der Waals surface area contributed by atoms with Crippen LogP contribution in [-0.2, 0) is 18.8 Å². The molecule has 2 atom stereocenters. The lowest BCUT2D eigenvalue weighted by Crippen LogP contribution is -2.41. The standard InChI is InChI=1S/C17H31BO4/c1-15(2,3)20-14(19)12-10-8-9-11-13(12)18-21-16(4,5)17(6,7)22-18/h12-13H,8-11H2,1-7H3/t12-,13+/m0/s1. The van der Waals surface area contributed by atoms with Gasteiger partial charge in [-0.25, -0.2) is 0 Å². The van der Waals surface area contributed by atoms with Gasteiger partial charge in [-0.15, -0.1) is 0 Å². The van der Waals surface area contributed by atoms with Crippen molar-refractivity contribution < 1.29 is 18.8 Å². The number of hydrogen-bond acceptors (Lipinski definition) is 4. The van der Waals surface area contributed by atoms with Crippen LogP contribution in [0.3, 0.4) is 0 Å². The van der Waals surface area contributed by atoms with Gasteiger partial charge >= 0.3 is 13.1 Å². The lowest BCUT2D eigenvalue weighted by Gasteiger charge is -2.33. The van der Waals surface area contributed by atoms with Crippen LogP contribution in [0.25, 0.3) is 0 Å². The van der Waals surface area contributed by atoms with E-state index in [9.17, 15) is 4.79 Å².